The maximum absolute atomic E-state index is 12.1. The standard InChI is InChI=1S/C15H18N2O3S2/c1-19-12-8-11(9-13(10-12)20-2)14(18)16-4-3-6-21-15-17-5-7-22-15/h5,7-10H,3-4,6H2,1-2H3,(H,16,18). The van der Waals surface area contributed by atoms with Crippen LogP contribution in [-0.2, 0) is 0 Å². The van der Waals surface area contributed by atoms with Gasteiger partial charge < -0.3 is 14.8 Å². The number of rotatable bonds is 8. The fourth-order valence-corrected chi connectivity index (χ4v) is 3.40. The Hall–Kier alpha value is -1.73. The maximum atomic E-state index is 12.1. The molecule has 1 aromatic heterocycles. The van der Waals surface area contributed by atoms with E-state index in [9.17, 15) is 4.79 Å². The maximum Gasteiger partial charge on any atom is 0.251 e. The monoisotopic (exact) mass is 338 g/mol. The molecule has 0 bridgehead atoms. The highest BCUT2D eigenvalue weighted by Crippen LogP contribution is 2.22. The fraction of sp³-hybridized carbons (Fsp3) is 0.333. The summed E-state index contributed by atoms with van der Waals surface area (Å²) in [6.07, 6.45) is 2.68. The molecular formula is C15H18N2O3S2. The van der Waals surface area contributed by atoms with E-state index in [1.165, 1.54) is 0 Å². The van der Waals surface area contributed by atoms with Crippen LogP contribution in [0.15, 0.2) is 34.1 Å². The van der Waals surface area contributed by atoms with Crippen LogP contribution in [0.3, 0.4) is 0 Å². The zero-order valence-electron chi connectivity index (χ0n) is 12.5. The Kier molecular flexibility index (Phi) is 6.54. The molecule has 0 atom stereocenters. The largest absolute Gasteiger partial charge is 0.497 e. The molecule has 7 heteroatoms. The van der Waals surface area contributed by atoms with Crippen molar-refractivity contribution in [3.05, 3.63) is 35.3 Å². The number of thiazole rings is 1. The molecule has 0 spiro atoms. The molecule has 22 heavy (non-hydrogen) atoms. The molecule has 0 saturated heterocycles. The minimum atomic E-state index is -0.128. The lowest BCUT2D eigenvalue weighted by Crippen LogP contribution is -2.24. The van der Waals surface area contributed by atoms with Crippen LogP contribution < -0.4 is 14.8 Å². The number of carbonyl (C=O) groups excluding carboxylic acids is 1. The van der Waals surface area contributed by atoms with Crippen LogP contribution in [0.2, 0.25) is 0 Å². The summed E-state index contributed by atoms with van der Waals surface area (Å²) in [5.74, 6) is 2.00. The van der Waals surface area contributed by atoms with E-state index < -0.39 is 0 Å². The van der Waals surface area contributed by atoms with Gasteiger partial charge in [0, 0.05) is 35.5 Å². The Morgan fingerprint density at radius 3 is 2.59 bits per heavy atom. The van der Waals surface area contributed by atoms with Crippen LogP contribution in [0.1, 0.15) is 16.8 Å². The second-order valence-corrected chi connectivity index (χ2v) is 6.59. The second kappa shape index (κ2) is 8.65. The Morgan fingerprint density at radius 2 is 2.00 bits per heavy atom. The topological polar surface area (TPSA) is 60.5 Å². The summed E-state index contributed by atoms with van der Waals surface area (Å²) in [5, 5.41) is 4.86. The Morgan fingerprint density at radius 1 is 1.27 bits per heavy atom. The van der Waals surface area contributed by atoms with Gasteiger partial charge in [0.15, 0.2) is 0 Å². The first-order valence-corrected chi connectivity index (χ1v) is 8.63. The number of hydrogen-bond acceptors (Lipinski definition) is 6. The van der Waals surface area contributed by atoms with Crippen molar-refractivity contribution in [2.24, 2.45) is 0 Å². The smallest absolute Gasteiger partial charge is 0.251 e. The van der Waals surface area contributed by atoms with E-state index in [0.717, 1.165) is 16.5 Å². The van der Waals surface area contributed by atoms with Crippen molar-refractivity contribution in [3.63, 3.8) is 0 Å². The Bertz CT molecular complexity index is 581. The average molecular weight is 338 g/mol. The molecule has 0 aliphatic heterocycles. The first-order valence-electron chi connectivity index (χ1n) is 6.76. The SMILES string of the molecule is COc1cc(OC)cc(C(=O)NCCCSc2nccs2)c1. The van der Waals surface area contributed by atoms with Crippen LogP contribution in [0.25, 0.3) is 0 Å². The van der Waals surface area contributed by atoms with Crippen LogP contribution >= 0.6 is 23.1 Å². The molecule has 0 unspecified atom stereocenters. The van der Waals surface area contributed by atoms with E-state index >= 15 is 0 Å². The van der Waals surface area contributed by atoms with E-state index in [-0.39, 0.29) is 5.91 Å². The van der Waals surface area contributed by atoms with E-state index in [2.05, 4.69) is 10.3 Å². The van der Waals surface area contributed by atoms with Crippen LogP contribution in [0.5, 0.6) is 11.5 Å². The molecule has 1 amide bonds. The summed E-state index contributed by atoms with van der Waals surface area (Å²) in [7, 11) is 3.12. The lowest BCUT2D eigenvalue weighted by atomic mass is 10.2. The van der Waals surface area contributed by atoms with Crippen LogP contribution in [0.4, 0.5) is 0 Å². The third-order valence-electron chi connectivity index (χ3n) is 2.86. The van der Waals surface area contributed by atoms with Gasteiger partial charge in [-0.2, -0.15) is 0 Å². The Balaban J connectivity index is 1.79. The second-order valence-electron chi connectivity index (χ2n) is 4.36. The van der Waals surface area contributed by atoms with Gasteiger partial charge in [0.2, 0.25) is 0 Å². The van der Waals surface area contributed by atoms with Gasteiger partial charge in [0.05, 0.1) is 14.2 Å². The number of nitrogens with one attached hydrogen (secondary N) is 1. The summed E-state index contributed by atoms with van der Waals surface area (Å²) >= 11 is 3.33. The number of thioether (sulfide) groups is 1. The number of hydrogen-bond donors (Lipinski definition) is 1. The van der Waals surface area contributed by atoms with E-state index in [4.69, 9.17) is 9.47 Å². The molecule has 0 aliphatic carbocycles. The first kappa shape index (κ1) is 16.6. The molecule has 2 rings (SSSR count). The number of nitrogens with zero attached hydrogens (tertiary/aromatic N) is 1. The van der Waals surface area contributed by atoms with Crippen molar-refractivity contribution < 1.29 is 14.3 Å². The summed E-state index contributed by atoms with van der Waals surface area (Å²) in [6.45, 7) is 0.622. The molecule has 1 N–H and O–H groups in total. The van der Waals surface area contributed by atoms with Crippen molar-refractivity contribution in [1.29, 1.82) is 0 Å². The molecule has 1 aromatic carbocycles. The summed E-state index contributed by atoms with van der Waals surface area (Å²) in [6, 6.07) is 5.13. The molecule has 0 saturated carbocycles. The quantitative estimate of drug-likeness (QED) is 0.592. The molecule has 0 fully saturated rings. The van der Waals surface area contributed by atoms with Crippen LogP contribution in [0, 0.1) is 0 Å². The van der Waals surface area contributed by atoms with Gasteiger partial charge in [-0.05, 0) is 18.6 Å². The Labute approximate surface area is 138 Å². The summed E-state index contributed by atoms with van der Waals surface area (Å²) in [4.78, 5) is 16.3. The zero-order chi connectivity index (χ0) is 15.8. The number of amides is 1. The van der Waals surface area contributed by atoms with Gasteiger partial charge in [0.1, 0.15) is 15.8 Å². The van der Waals surface area contributed by atoms with Crippen molar-refractivity contribution in [3.8, 4) is 11.5 Å². The van der Waals surface area contributed by atoms with Crippen LogP contribution in [-0.4, -0.2) is 37.4 Å². The first-order chi connectivity index (χ1) is 10.7. The molecule has 0 radical (unpaired) electrons. The average Bonchev–Trinajstić information content (AvgIpc) is 3.07. The number of aromatic nitrogens is 1. The van der Waals surface area contributed by atoms with Gasteiger partial charge in [-0.3, -0.25) is 4.79 Å². The van der Waals surface area contributed by atoms with Gasteiger partial charge >= 0.3 is 0 Å². The predicted molar refractivity (Wildman–Crippen MR) is 89.3 cm³/mol. The van der Waals surface area contributed by atoms with E-state index in [0.29, 0.717) is 23.6 Å². The normalized spacial score (nSPS) is 10.3. The lowest BCUT2D eigenvalue weighted by molar-refractivity contribution is 0.0953. The molecule has 1 heterocycles. The number of methoxy groups -OCH3 is 2. The van der Waals surface area contributed by atoms with Crippen molar-refractivity contribution in [2.45, 2.75) is 10.8 Å². The molecule has 0 aliphatic rings. The van der Waals surface area contributed by atoms with Gasteiger partial charge in [0.25, 0.3) is 5.91 Å². The number of carbonyl (C=O) groups is 1. The van der Waals surface area contributed by atoms with Crippen molar-refractivity contribution in [2.75, 3.05) is 26.5 Å². The molecule has 118 valence electrons. The van der Waals surface area contributed by atoms with Crippen molar-refractivity contribution >= 4 is 29.0 Å². The molecular weight excluding hydrogens is 320 g/mol. The highest BCUT2D eigenvalue weighted by Gasteiger charge is 2.09. The fourth-order valence-electron chi connectivity index (χ4n) is 1.76. The minimum absolute atomic E-state index is 0.128. The summed E-state index contributed by atoms with van der Waals surface area (Å²) in [5.41, 5.74) is 0.531. The summed E-state index contributed by atoms with van der Waals surface area (Å²) < 4.78 is 11.4. The number of benzene rings is 1. The van der Waals surface area contributed by atoms with Gasteiger partial charge in [-0.25, -0.2) is 4.98 Å². The minimum Gasteiger partial charge on any atom is -0.497 e. The highest BCUT2D eigenvalue weighted by molar-refractivity contribution is 8.00. The zero-order valence-corrected chi connectivity index (χ0v) is 14.1. The number of ether oxygens (including phenoxy) is 2. The highest BCUT2D eigenvalue weighted by atomic mass is 32.2. The third-order valence-corrected chi connectivity index (χ3v) is 4.91. The molecule has 5 nitrogen and oxygen atoms in total. The van der Waals surface area contributed by atoms with Gasteiger partial charge in [-0.1, -0.05) is 11.8 Å². The van der Waals surface area contributed by atoms with Crippen molar-refractivity contribution in [1.82, 2.24) is 10.3 Å². The van der Waals surface area contributed by atoms with E-state index in [1.54, 1.807) is 61.7 Å². The molecule has 2 aromatic rings. The van der Waals surface area contributed by atoms with Gasteiger partial charge in [-0.15, -0.1) is 11.3 Å². The predicted octanol–water partition coefficient (Wildman–Crippen LogP) is 3.07. The third kappa shape index (κ3) is 4.92. The van der Waals surface area contributed by atoms with E-state index in [1.807, 2.05) is 5.38 Å². The lowest BCUT2D eigenvalue weighted by Gasteiger charge is -2.09.